The van der Waals surface area contributed by atoms with Gasteiger partial charge >= 0.3 is 0 Å². The van der Waals surface area contributed by atoms with Gasteiger partial charge in [-0.25, -0.2) is 0 Å². The van der Waals surface area contributed by atoms with Crippen LogP contribution >= 0.6 is 23.2 Å². The summed E-state index contributed by atoms with van der Waals surface area (Å²) in [6.45, 7) is 2.99. The van der Waals surface area contributed by atoms with Crippen LogP contribution in [0.5, 0.6) is 0 Å². The standard InChI is InChI=1S/C17H17Cl2N/c1-11-2-3-12(10-20-14-5-6-14)16(8-11)15-7-4-13(18)9-17(15)19/h2-4,7-9,14,20H,5-6,10H2,1H3. The minimum Gasteiger partial charge on any atom is -0.310 e. The number of halogens is 2. The summed E-state index contributed by atoms with van der Waals surface area (Å²) in [6.07, 6.45) is 2.59. The van der Waals surface area contributed by atoms with Gasteiger partial charge in [0, 0.05) is 28.2 Å². The van der Waals surface area contributed by atoms with Crippen molar-refractivity contribution in [3.8, 4) is 11.1 Å². The van der Waals surface area contributed by atoms with E-state index in [1.807, 2.05) is 12.1 Å². The number of benzene rings is 2. The average Bonchev–Trinajstić information content (AvgIpc) is 3.21. The van der Waals surface area contributed by atoms with Crippen LogP contribution in [0.1, 0.15) is 24.0 Å². The zero-order valence-electron chi connectivity index (χ0n) is 11.4. The van der Waals surface area contributed by atoms with Crippen LogP contribution in [0.2, 0.25) is 10.0 Å². The number of rotatable bonds is 4. The highest BCUT2D eigenvalue weighted by molar-refractivity contribution is 6.36. The van der Waals surface area contributed by atoms with E-state index in [9.17, 15) is 0 Å². The maximum Gasteiger partial charge on any atom is 0.0499 e. The molecule has 104 valence electrons. The van der Waals surface area contributed by atoms with E-state index in [2.05, 4.69) is 30.4 Å². The lowest BCUT2D eigenvalue weighted by molar-refractivity contribution is 0.688. The van der Waals surface area contributed by atoms with Crippen LogP contribution in [0.15, 0.2) is 36.4 Å². The van der Waals surface area contributed by atoms with E-state index in [4.69, 9.17) is 23.2 Å². The molecule has 0 spiro atoms. The third kappa shape index (κ3) is 3.17. The fraction of sp³-hybridized carbons (Fsp3) is 0.294. The molecule has 20 heavy (non-hydrogen) atoms. The smallest absolute Gasteiger partial charge is 0.0499 e. The van der Waals surface area contributed by atoms with Gasteiger partial charge in [0.1, 0.15) is 0 Å². The Kier molecular flexibility index (Phi) is 4.02. The Morgan fingerprint density at radius 2 is 1.85 bits per heavy atom. The van der Waals surface area contributed by atoms with E-state index in [1.54, 1.807) is 6.07 Å². The molecule has 1 saturated carbocycles. The van der Waals surface area contributed by atoms with Crippen LogP contribution in [0.3, 0.4) is 0 Å². The fourth-order valence-electron chi connectivity index (χ4n) is 2.34. The van der Waals surface area contributed by atoms with E-state index < -0.39 is 0 Å². The maximum atomic E-state index is 6.36. The summed E-state index contributed by atoms with van der Waals surface area (Å²) in [6, 6.07) is 12.9. The molecule has 2 aromatic rings. The Morgan fingerprint density at radius 3 is 2.55 bits per heavy atom. The second-order valence-electron chi connectivity index (χ2n) is 5.44. The predicted octanol–water partition coefficient (Wildman–Crippen LogP) is 5.22. The van der Waals surface area contributed by atoms with Gasteiger partial charge in [0.05, 0.1) is 0 Å². The molecular weight excluding hydrogens is 289 g/mol. The first-order valence-electron chi connectivity index (χ1n) is 6.92. The van der Waals surface area contributed by atoms with Crippen LogP contribution < -0.4 is 5.32 Å². The summed E-state index contributed by atoms with van der Waals surface area (Å²) < 4.78 is 0. The van der Waals surface area contributed by atoms with Crippen molar-refractivity contribution in [1.29, 1.82) is 0 Å². The topological polar surface area (TPSA) is 12.0 Å². The Balaban J connectivity index is 1.98. The normalized spacial score (nSPS) is 14.6. The number of hydrogen-bond acceptors (Lipinski definition) is 1. The molecule has 0 aromatic heterocycles. The van der Waals surface area contributed by atoms with Crippen molar-refractivity contribution in [1.82, 2.24) is 5.32 Å². The molecule has 0 unspecified atom stereocenters. The van der Waals surface area contributed by atoms with Gasteiger partial charge in [-0.05, 0) is 43.0 Å². The maximum absolute atomic E-state index is 6.36. The number of hydrogen-bond donors (Lipinski definition) is 1. The first kappa shape index (κ1) is 13.9. The van der Waals surface area contributed by atoms with E-state index in [0.717, 1.165) is 12.1 Å². The van der Waals surface area contributed by atoms with Crippen LogP contribution in [0.4, 0.5) is 0 Å². The third-order valence-electron chi connectivity index (χ3n) is 3.65. The summed E-state index contributed by atoms with van der Waals surface area (Å²) >= 11 is 12.3. The lowest BCUT2D eigenvalue weighted by Gasteiger charge is -2.13. The average molecular weight is 306 g/mol. The molecule has 1 N–H and O–H groups in total. The highest BCUT2D eigenvalue weighted by Crippen LogP contribution is 2.33. The minimum absolute atomic E-state index is 0.670. The van der Waals surface area contributed by atoms with Crippen molar-refractivity contribution in [2.45, 2.75) is 32.4 Å². The Hall–Kier alpha value is -1.02. The monoisotopic (exact) mass is 305 g/mol. The van der Waals surface area contributed by atoms with Crippen molar-refractivity contribution in [3.05, 3.63) is 57.6 Å². The first-order chi connectivity index (χ1) is 9.63. The molecule has 3 rings (SSSR count). The van der Waals surface area contributed by atoms with Crippen molar-refractivity contribution in [2.24, 2.45) is 0 Å². The fourth-order valence-corrected chi connectivity index (χ4v) is 2.86. The Morgan fingerprint density at radius 1 is 1.05 bits per heavy atom. The molecular formula is C17H17Cl2N. The lowest BCUT2D eigenvalue weighted by Crippen LogP contribution is -2.15. The highest BCUT2D eigenvalue weighted by Gasteiger charge is 2.20. The molecule has 0 heterocycles. The predicted molar refractivity (Wildman–Crippen MR) is 86.5 cm³/mol. The number of aryl methyl sites for hydroxylation is 1. The zero-order valence-corrected chi connectivity index (χ0v) is 12.9. The van der Waals surface area contributed by atoms with Crippen molar-refractivity contribution < 1.29 is 0 Å². The van der Waals surface area contributed by atoms with Crippen molar-refractivity contribution in [2.75, 3.05) is 0 Å². The van der Waals surface area contributed by atoms with Gasteiger partial charge in [-0.3, -0.25) is 0 Å². The molecule has 0 atom stereocenters. The van der Waals surface area contributed by atoms with Gasteiger partial charge in [-0.15, -0.1) is 0 Å². The third-order valence-corrected chi connectivity index (χ3v) is 4.19. The molecule has 0 bridgehead atoms. The summed E-state index contributed by atoms with van der Waals surface area (Å²) in [4.78, 5) is 0. The second-order valence-corrected chi connectivity index (χ2v) is 6.28. The van der Waals surface area contributed by atoms with Gasteiger partial charge in [-0.2, -0.15) is 0 Å². The van der Waals surface area contributed by atoms with E-state index in [0.29, 0.717) is 16.1 Å². The molecule has 1 aliphatic carbocycles. The molecule has 1 fully saturated rings. The zero-order chi connectivity index (χ0) is 14.1. The highest BCUT2D eigenvalue weighted by atomic mass is 35.5. The largest absolute Gasteiger partial charge is 0.310 e. The summed E-state index contributed by atoms with van der Waals surface area (Å²) in [7, 11) is 0. The molecule has 1 aliphatic rings. The first-order valence-corrected chi connectivity index (χ1v) is 7.67. The van der Waals surface area contributed by atoms with Crippen LogP contribution in [-0.4, -0.2) is 6.04 Å². The van der Waals surface area contributed by atoms with Gasteiger partial charge in [0.15, 0.2) is 0 Å². The Labute approximate surface area is 129 Å². The molecule has 0 saturated heterocycles. The summed E-state index contributed by atoms with van der Waals surface area (Å²) in [5, 5.41) is 4.94. The van der Waals surface area contributed by atoms with E-state index in [-0.39, 0.29) is 0 Å². The molecule has 0 aliphatic heterocycles. The molecule has 0 amide bonds. The van der Waals surface area contributed by atoms with Crippen LogP contribution in [0, 0.1) is 6.92 Å². The van der Waals surface area contributed by atoms with Gasteiger partial charge in [0.25, 0.3) is 0 Å². The van der Waals surface area contributed by atoms with Crippen LogP contribution in [0.25, 0.3) is 11.1 Å². The minimum atomic E-state index is 0.670. The Bertz CT molecular complexity index is 633. The summed E-state index contributed by atoms with van der Waals surface area (Å²) in [5.74, 6) is 0. The SMILES string of the molecule is Cc1ccc(CNC2CC2)c(-c2ccc(Cl)cc2Cl)c1. The van der Waals surface area contributed by atoms with E-state index in [1.165, 1.54) is 29.5 Å². The van der Waals surface area contributed by atoms with Crippen molar-refractivity contribution in [3.63, 3.8) is 0 Å². The van der Waals surface area contributed by atoms with Crippen molar-refractivity contribution >= 4 is 23.2 Å². The number of nitrogens with one attached hydrogen (secondary N) is 1. The quantitative estimate of drug-likeness (QED) is 0.816. The van der Waals surface area contributed by atoms with Gasteiger partial charge < -0.3 is 5.32 Å². The molecule has 3 heteroatoms. The van der Waals surface area contributed by atoms with Crippen LogP contribution in [-0.2, 0) is 6.54 Å². The molecule has 1 nitrogen and oxygen atoms in total. The molecule has 0 radical (unpaired) electrons. The summed E-state index contributed by atoms with van der Waals surface area (Å²) in [5.41, 5.74) is 4.76. The van der Waals surface area contributed by atoms with E-state index >= 15 is 0 Å². The van der Waals surface area contributed by atoms with Gasteiger partial charge in [0.2, 0.25) is 0 Å². The van der Waals surface area contributed by atoms with Gasteiger partial charge in [-0.1, -0.05) is 53.0 Å². The lowest BCUT2D eigenvalue weighted by atomic mass is 9.97. The molecule has 2 aromatic carbocycles. The second kappa shape index (κ2) is 5.77.